The van der Waals surface area contributed by atoms with Gasteiger partial charge in [-0.15, -0.1) is 0 Å². The predicted octanol–water partition coefficient (Wildman–Crippen LogP) is 0.217. The quantitative estimate of drug-likeness (QED) is 0.238. The molecule has 0 unspecified atom stereocenters. The van der Waals surface area contributed by atoms with E-state index in [1.807, 2.05) is 0 Å². The Labute approximate surface area is 274 Å². The van der Waals surface area contributed by atoms with Crippen LogP contribution in [0.15, 0.2) is 0 Å². The van der Waals surface area contributed by atoms with E-state index in [2.05, 4.69) is 16.0 Å². The highest BCUT2D eigenvalue weighted by Crippen LogP contribution is 2.41. The number of carbonyl (C=O) groups is 4. The molecular weight excluding hydrogens is 626 g/mol. The fourth-order valence-electron chi connectivity index (χ4n) is 6.12. The molecule has 4 heterocycles. The molecule has 47 heavy (non-hydrogen) atoms. The lowest BCUT2D eigenvalue weighted by molar-refractivity contribution is -0.220. The molecule has 0 aliphatic carbocycles. The van der Waals surface area contributed by atoms with E-state index in [4.69, 9.17) is 47.4 Å². The van der Waals surface area contributed by atoms with Crippen molar-refractivity contribution in [2.75, 3.05) is 27.9 Å². The zero-order chi connectivity index (χ0) is 34.9. The molecule has 4 rings (SSSR count). The van der Waals surface area contributed by atoms with E-state index in [-0.39, 0.29) is 12.8 Å². The zero-order valence-electron chi connectivity index (χ0n) is 28.6. The van der Waals surface area contributed by atoms with Crippen LogP contribution in [0.1, 0.15) is 61.3 Å². The normalized spacial score (nSPS) is 33.3. The number of rotatable bonds is 12. The van der Waals surface area contributed by atoms with E-state index >= 15 is 0 Å². The summed E-state index contributed by atoms with van der Waals surface area (Å²) < 4.78 is 57.1. The van der Waals surface area contributed by atoms with Gasteiger partial charge < -0.3 is 63.3 Å². The Bertz CT molecular complexity index is 1160. The zero-order valence-corrected chi connectivity index (χ0v) is 28.6. The van der Waals surface area contributed by atoms with Crippen LogP contribution in [0, 0.1) is 0 Å². The molecule has 0 aromatic rings. The van der Waals surface area contributed by atoms with Crippen molar-refractivity contribution >= 4 is 23.9 Å². The summed E-state index contributed by atoms with van der Waals surface area (Å²) in [5.74, 6) is -3.62. The molecule has 3 amide bonds. The highest BCUT2D eigenvalue weighted by atomic mass is 16.9. The number of methoxy groups -OCH3 is 3. The van der Waals surface area contributed by atoms with Gasteiger partial charge in [0.1, 0.15) is 42.2 Å². The number of hydrogen-bond acceptors (Lipinski definition) is 14. The molecule has 0 radical (unpaired) electrons. The topological polar surface area (TPSA) is 197 Å². The van der Waals surface area contributed by atoms with Gasteiger partial charge in [0.15, 0.2) is 24.2 Å². The van der Waals surface area contributed by atoms with Gasteiger partial charge in [-0.05, 0) is 48.5 Å². The Kier molecular flexibility index (Phi) is 11.4. The smallest absolute Gasteiger partial charge is 0.407 e. The van der Waals surface area contributed by atoms with Gasteiger partial charge in [0.25, 0.3) is 0 Å². The Morgan fingerprint density at radius 2 is 1.21 bits per heavy atom. The van der Waals surface area contributed by atoms with E-state index < -0.39 is 109 Å². The summed E-state index contributed by atoms with van der Waals surface area (Å²) in [5, 5.41) is 7.98. The van der Waals surface area contributed by atoms with Gasteiger partial charge in [-0.3, -0.25) is 14.4 Å². The lowest BCUT2D eigenvalue weighted by Crippen LogP contribution is -2.54. The van der Waals surface area contributed by atoms with Gasteiger partial charge in [-0.1, -0.05) is 0 Å². The van der Waals surface area contributed by atoms with Crippen molar-refractivity contribution in [3.63, 3.8) is 0 Å². The average Bonchev–Trinajstić information content (AvgIpc) is 3.63. The van der Waals surface area contributed by atoms with Crippen LogP contribution in [0.2, 0.25) is 0 Å². The van der Waals surface area contributed by atoms with Gasteiger partial charge in [0.05, 0.1) is 32.2 Å². The number of hydrogen-bond donors (Lipinski definition) is 3. The fourth-order valence-corrected chi connectivity index (χ4v) is 6.12. The number of nitrogens with one attached hydrogen (secondary N) is 3. The van der Waals surface area contributed by atoms with Crippen LogP contribution < -0.4 is 16.0 Å². The first-order valence-electron chi connectivity index (χ1n) is 15.6. The number of amides is 3. The minimum Gasteiger partial charge on any atom is -0.469 e. The molecule has 0 aromatic heterocycles. The van der Waals surface area contributed by atoms with Crippen LogP contribution in [0.5, 0.6) is 0 Å². The Balaban J connectivity index is 1.40. The number of fused-ring (bicyclic) bond motifs is 2. The van der Waals surface area contributed by atoms with Crippen LogP contribution >= 0.6 is 0 Å². The Morgan fingerprint density at radius 3 is 1.66 bits per heavy atom. The summed E-state index contributed by atoms with van der Waals surface area (Å²) in [6.07, 6.45) is -7.17. The molecule has 3 N–H and O–H groups in total. The van der Waals surface area contributed by atoms with Crippen LogP contribution in [0.25, 0.3) is 0 Å². The van der Waals surface area contributed by atoms with Gasteiger partial charge in [-0.25, -0.2) is 4.79 Å². The molecule has 10 atom stereocenters. The minimum atomic E-state index is -0.955. The molecule has 0 spiro atoms. The summed E-state index contributed by atoms with van der Waals surface area (Å²) in [6, 6.07) is -1.86. The molecule has 4 saturated heterocycles. The van der Waals surface area contributed by atoms with Crippen molar-refractivity contribution < 1.29 is 66.5 Å². The van der Waals surface area contributed by atoms with Crippen LogP contribution in [-0.2, 0) is 61.8 Å². The van der Waals surface area contributed by atoms with Crippen LogP contribution in [-0.4, -0.2) is 130 Å². The largest absolute Gasteiger partial charge is 0.469 e. The van der Waals surface area contributed by atoms with Crippen molar-refractivity contribution in [3.8, 4) is 0 Å². The van der Waals surface area contributed by atoms with E-state index in [1.165, 1.54) is 21.3 Å². The average molecular weight is 676 g/mol. The first kappa shape index (κ1) is 37.2. The molecule has 4 aliphatic rings. The monoisotopic (exact) mass is 675 g/mol. The third-order valence-corrected chi connectivity index (χ3v) is 7.91. The minimum absolute atomic E-state index is 0.244. The van der Waals surface area contributed by atoms with Crippen molar-refractivity contribution in [1.29, 1.82) is 0 Å². The number of alkyl carbamates (subject to hydrolysis) is 1. The van der Waals surface area contributed by atoms with Crippen molar-refractivity contribution in [3.05, 3.63) is 0 Å². The first-order chi connectivity index (χ1) is 21.8. The molecule has 17 heteroatoms. The molecule has 4 aliphatic heterocycles. The third kappa shape index (κ3) is 9.29. The van der Waals surface area contributed by atoms with Gasteiger partial charge in [0, 0.05) is 20.6 Å². The lowest BCUT2D eigenvalue weighted by Gasteiger charge is -2.31. The van der Waals surface area contributed by atoms with Crippen molar-refractivity contribution in [2.45, 2.75) is 140 Å². The summed E-state index contributed by atoms with van der Waals surface area (Å²) in [4.78, 5) is 51.3. The van der Waals surface area contributed by atoms with E-state index in [0.717, 1.165) is 0 Å². The molecule has 4 fully saturated rings. The van der Waals surface area contributed by atoms with Gasteiger partial charge >= 0.3 is 12.1 Å². The standard InChI is InChI=1S/C30H49N3O14/c1-28(2,3)47-27(37)33-14(19-21(39-9)23-25(41-19)45-29(4,5)43-23)11-16(34)31-13-17(35)32-15(12-18(36)38-8)20-22(40-10)24-26(42-20)46-30(6,7)44-24/h14-15,19-26H,11-13H2,1-10H3,(H,31,34)(H,32,35)(H,33,37)/t14-,15-,19+,20+,21-,22-,23+,24+,25+,26+/m0/s1. The highest BCUT2D eigenvalue weighted by molar-refractivity contribution is 5.85. The lowest BCUT2D eigenvalue weighted by atomic mass is 10.00. The number of ether oxygens (including phenoxy) is 10. The van der Waals surface area contributed by atoms with Crippen LogP contribution in [0.4, 0.5) is 4.79 Å². The van der Waals surface area contributed by atoms with Gasteiger partial charge in [0.2, 0.25) is 11.8 Å². The maximum Gasteiger partial charge on any atom is 0.407 e. The van der Waals surface area contributed by atoms with Crippen molar-refractivity contribution in [2.24, 2.45) is 0 Å². The third-order valence-electron chi connectivity index (χ3n) is 7.91. The maximum atomic E-state index is 13.2. The second-order valence-electron chi connectivity index (χ2n) is 13.7. The molecular formula is C30H49N3O14. The van der Waals surface area contributed by atoms with Gasteiger partial charge in [-0.2, -0.15) is 0 Å². The Morgan fingerprint density at radius 1 is 0.723 bits per heavy atom. The molecule has 268 valence electrons. The highest BCUT2D eigenvalue weighted by Gasteiger charge is 2.58. The fraction of sp³-hybridized carbons (Fsp3) is 0.867. The molecule has 17 nitrogen and oxygen atoms in total. The first-order valence-corrected chi connectivity index (χ1v) is 15.6. The SMILES string of the molecule is COC(=O)C[C@H](NC(=O)CNC(=O)C[C@H](NC(=O)OC(C)(C)C)[C@H]1O[C@@H]2OC(C)(C)O[C@@H]2[C@H]1OC)[C@H]1O[C@@H]2OC(C)(C)O[C@@H]2[C@H]1OC. The molecule has 0 bridgehead atoms. The van der Waals surface area contributed by atoms with E-state index in [0.29, 0.717) is 0 Å². The maximum absolute atomic E-state index is 13.2. The summed E-state index contributed by atoms with van der Waals surface area (Å²) in [6.45, 7) is 11.6. The summed E-state index contributed by atoms with van der Waals surface area (Å²) in [7, 11) is 4.16. The van der Waals surface area contributed by atoms with E-state index in [9.17, 15) is 19.2 Å². The number of esters is 1. The molecule has 0 saturated carbocycles. The second-order valence-corrected chi connectivity index (χ2v) is 13.7. The predicted molar refractivity (Wildman–Crippen MR) is 158 cm³/mol. The summed E-state index contributed by atoms with van der Waals surface area (Å²) >= 11 is 0. The van der Waals surface area contributed by atoms with E-state index in [1.54, 1.807) is 48.5 Å². The molecule has 0 aromatic carbocycles. The summed E-state index contributed by atoms with van der Waals surface area (Å²) in [5.41, 5.74) is -0.808. The van der Waals surface area contributed by atoms with Crippen LogP contribution in [0.3, 0.4) is 0 Å². The number of carbonyl (C=O) groups excluding carboxylic acids is 4. The Hall–Kier alpha value is -2.64. The van der Waals surface area contributed by atoms with Crippen molar-refractivity contribution in [1.82, 2.24) is 16.0 Å². The second kappa shape index (κ2) is 14.5.